The van der Waals surface area contributed by atoms with Crippen LogP contribution in [0.3, 0.4) is 0 Å². The average molecular weight is 575 g/mol. The van der Waals surface area contributed by atoms with E-state index < -0.39 is 5.41 Å². The number of rotatable bonds is 10. The van der Waals surface area contributed by atoms with Crippen LogP contribution in [0.15, 0.2) is 182 Å². The fourth-order valence-electron chi connectivity index (χ4n) is 5.95. The van der Waals surface area contributed by atoms with Crippen LogP contribution in [0.5, 0.6) is 0 Å². The van der Waals surface area contributed by atoms with Gasteiger partial charge in [0.1, 0.15) is 12.2 Å². The van der Waals surface area contributed by atoms with E-state index in [1.54, 1.807) is 0 Å². The van der Waals surface area contributed by atoms with Crippen LogP contribution in [-0.4, -0.2) is 19.3 Å². The summed E-state index contributed by atoms with van der Waals surface area (Å²) in [4.78, 5) is 0. The lowest BCUT2D eigenvalue weighted by molar-refractivity contribution is 0.0102. The maximum absolute atomic E-state index is 6.76. The molecule has 0 spiro atoms. The highest BCUT2D eigenvalue weighted by atomic mass is 16.6. The molecule has 0 aliphatic carbocycles. The molecule has 7 rings (SSSR count). The smallest absolute Gasteiger partial charge is 0.104 e. The van der Waals surface area contributed by atoms with Crippen LogP contribution in [-0.2, 0) is 21.3 Å². The van der Waals surface area contributed by atoms with Gasteiger partial charge < -0.3 is 9.47 Å². The molecule has 6 aromatic rings. The van der Waals surface area contributed by atoms with Crippen molar-refractivity contribution in [1.82, 2.24) is 0 Å². The minimum Gasteiger partial charge on any atom is -0.371 e. The molecule has 6 aromatic carbocycles. The summed E-state index contributed by atoms with van der Waals surface area (Å²) >= 11 is 0. The van der Waals surface area contributed by atoms with Crippen molar-refractivity contribution in [2.24, 2.45) is 0 Å². The molecule has 0 amide bonds. The van der Waals surface area contributed by atoms with Crippen molar-refractivity contribution in [2.45, 2.75) is 24.0 Å². The quantitative estimate of drug-likeness (QED) is 0.120. The number of epoxide rings is 1. The Labute approximate surface area is 261 Å². The molecule has 0 N–H and O–H groups in total. The summed E-state index contributed by atoms with van der Waals surface area (Å²) in [5.41, 5.74) is 7.00. The van der Waals surface area contributed by atoms with E-state index in [2.05, 4.69) is 182 Å². The zero-order valence-electron chi connectivity index (χ0n) is 24.9. The lowest BCUT2D eigenvalue weighted by Gasteiger charge is -2.42. The molecule has 0 bridgehead atoms. The predicted molar refractivity (Wildman–Crippen MR) is 180 cm³/mol. The van der Waals surface area contributed by atoms with E-state index in [0.29, 0.717) is 6.61 Å². The van der Waals surface area contributed by atoms with Gasteiger partial charge in [0.15, 0.2) is 0 Å². The topological polar surface area (TPSA) is 21.8 Å². The maximum Gasteiger partial charge on any atom is 0.104 e. The van der Waals surface area contributed by atoms with Gasteiger partial charge in [0.2, 0.25) is 0 Å². The van der Waals surface area contributed by atoms with Crippen molar-refractivity contribution in [3.8, 4) is 0 Å². The fraction of sp³-hybridized carbons (Fsp3) is 0.143. The highest BCUT2D eigenvalue weighted by Crippen LogP contribution is 2.50. The van der Waals surface area contributed by atoms with E-state index in [1.165, 1.54) is 27.8 Å². The van der Waals surface area contributed by atoms with Crippen molar-refractivity contribution in [1.29, 1.82) is 0 Å². The van der Waals surface area contributed by atoms with Crippen LogP contribution in [0, 0.1) is 0 Å². The monoisotopic (exact) mass is 574 g/mol. The summed E-state index contributed by atoms with van der Waals surface area (Å²) in [6.45, 7) is 1.35. The van der Waals surface area contributed by atoms with Crippen LogP contribution < -0.4 is 0 Å². The molecule has 2 nitrogen and oxygen atoms in total. The molecule has 1 heterocycles. The molecule has 1 aliphatic rings. The Kier molecular flexibility index (Phi) is 9.74. The Bertz CT molecular complexity index is 1520. The molecule has 1 aliphatic heterocycles. The third-order valence-corrected chi connectivity index (χ3v) is 8.13. The van der Waals surface area contributed by atoms with Crippen LogP contribution in [0.1, 0.15) is 39.5 Å². The van der Waals surface area contributed by atoms with Gasteiger partial charge in [0.05, 0.1) is 18.6 Å². The van der Waals surface area contributed by atoms with Crippen molar-refractivity contribution >= 4 is 0 Å². The number of ether oxygens (including phenoxy) is 2. The summed E-state index contributed by atoms with van der Waals surface area (Å²) in [5, 5.41) is 0. The Morgan fingerprint density at radius 3 is 1.20 bits per heavy atom. The third kappa shape index (κ3) is 7.06. The number of hydrogen-bond acceptors (Lipinski definition) is 2. The van der Waals surface area contributed by atoms with Gasteiger partial charge in [-0.1, -0.05) is 182 Å². The summed E-state index contributed by atoms with van der Waals surface area (Å²) < 4.78 is 12.3. The normalized spacial score (nSPS) is 14.6. The summed E-state index contributed by atoms with van der Waals surface area (Å²) in [6.07, 6.45) is 0.998. The van der Waals surface area contributed by atoms with E-state index >= 15 is 0 Å². The fourth-order valence-corrected chi connectivity index (χ4v) is 5.95. The largest absolute Gasteiger partial charge is 0.371 e. The van der Waals surface area contributed by atoms with Gasteiger partial charge in [-0.05, 0) is 39.8 Å². The summed E-state index contributed by atoms with van der Waals surface area (Å²) in [7, 11) is 0. The molecule has 218 valence electrons. The van der Waals surface area contributed by atoms with E-state index in [0.717, 1.165) is 18.6 Å². The lowest BCUT2D eigenvalue weighted by Crippen LogP contribution is -2.38. The minimum atomic E-state index is -0.514. The molecule has 0 saturated carbocycles. The Balaban J connectivity index is 0.000000220. The molecular weight excluding hydrogens is 536 g/mol. The first kappa shape index (κ1) is 29.3. The standard InChI is InChI=1S/C29H26O2.C13H12/c1-5-13-23(14-6-1)28(31-22-27-21-30-27)29(24-15-7-2-8-16-24,25-17-9-3-10-18-25)26-19-11-4-12-20-26;1-3-7-12(8-4-1)11-13-9-5-2-6-10-13/h1-20,27-28H,21-22H2;1-10H,11H2. The van der Waals surface area contributed by atoms with Crippen molar-refractivity contribution in [2.75, 3.05) is 13.2 Å². The summed E-state index contributed by atoms with van der Waals surface area (Å²) in [6, 6.07) is 63.8. The average Bonchev–Trinajstić information content (AvgIpc) is 3.94. The van der Waals surface area contributed by atoms with Crippen LogP contribution in [0.2, 0.25) is 0 Å². The first-order chi connectivity index (χ1) is 21.8. The van der Waals surface area contributed by atoms with E-state index in [-0.39, 0.29) is 12.2 Å². The second-order valence-electron chi connectivity index (χ2n) is 11.1. The Morgan fingerprint density at radius 1 is 0.500 bits per heavy atom. The van der Waals surface area contributed by atoms with Gasteiger partial charge in [-0.2, -0.15) is 0 Å². The molecule has 1 fully saturated rings. The second-order valence-corrected chi connectivity index (χ2v) is 11.1. The highest BCUT2D eigenvalue weighted by molar-refractivity contribution is 5.53. The Hall–Kier alpha value is -4.76. The number of hydrogen-bond donors (Lipinski definition) is 0. The van der Waals surface area contributed by atoms with Crippen molar-refractivity contribution in [3.05, 3.63) is 215 Å². The predicted octanol–water partition coefficient (Wildman–Crippen LogP) is 9.46. The molecule has 2 heteroatoms. The van der Waals surface area contributed by atoms with Crippen LogP contribution in [0.25, 0.3) is 0 Å². The molecule has 1 saturated heterocycles. The zero-order valence-corrected chi connectivity index (χ0v) is 24.9. The molecule has 2 atom stereocenters. The minimum absolute atomic E-state index is 0.186. The molecule has 2 unspecified atom stereocenters. The third-order valence-electron chi connectivity index (χ3n) is 8.13. The molecule has 44 heavy (non-hydrogen) atoms. The first-order valence-electron chi connectivity index (χ1n) is 15.4. The van der Waals surface area contributed by atoms with Crippen molar-refractivity contribution < 1.29 is 9.47 Å². The lowest BCUT2D eigenvalue weighted by atomic mass is 9.64. The van der Waals surface area contributed by atoms with Gasteiger partial charge in [-0.25, -0.2) is 0 Å². The maximum atomic E-state index is 6.76. The Morgan fingerprint density at radius 2 is 0.841 bits per heavy atom. The van der Waals surface area contributed by atoms with Gasteiger partial charge in [0, 0.05) is 0 Å². The highest BCUT2D eigenvalue weighted by Gasteiger charge is 2.46. The number of benzene rings is 6. The molecule has 0 radical (unpaired) electrons. The second kappa shape index (κ2) is 14.6. The van der Waals surface area contributed by atoms with E-state index in [1.807, 2.05) is 0 Å². The van der Waals surface area contributed by atoms with E-state index in [4.69, 9.17) is 9.47 Å². The van der Waals surface area contributed by atoms with Crippen LogP contribution >= 0.6 is 0 Å². The summed E-state index contributed by atoms with van der Waals surface area (Å²) in [5.74, 6) is 0. The van der Waals surface area contributed by atoms with Gasteiger partial charge >= 0.3 is 0 Å². The molecular formula is C42H38O2. The zero-order chi connectivity index (χ0) is 29.9. The van der Waals surface area contributed by atoms with E-state index in [9.17, 15) is 0 Å². The van der Waals surface area contributed by atoms with Gasteiger partial charge in [-0.3, -0.25) is 0 Å². The first-order valence-corrected chi connectivity index (χ1v) is 15.4. The van der Waals surface area contributed by atoms with Gasteiger partial charge in [-0.15, -0.1) is 0 Å². The molecule has 0 aromatic heterocycles. The van der Waals surface area contributed by atoms with Crippen molar-refractivity contribution in [3.63, 3.8) is 0 Å². The SMILES string of the molecule is c1ccc(C(OCC2CO2)C(c2ccccc2)(c2ccccc2)c2ccccc2)cc1.c1ccc(Cc2ccccc2)cc1. The van der Waals surface area contributed by atoms with Crippen LogP contribution in [0.4, 0.5) is 0 Å². The van der Waals surface area contributed by atoms with Gasteiger partial charge in [0.25, 0.3) is 0 Å².